The van der Waals surface area contributed by atoms with Crippen molar-refractivity contribution >= 4 is 23.7 Å². The van der Waals surface area contributed by atoms with Crippen molar-refractivity contribution in [2.45, 2.75) is 175 Å². The molecule has 1 saturated heterocycles. The van der Waals surface area contributed by atoms with Gasteiger partial charge in [0.2, 0.25) is 17.7 Å². The zero-order valence-corrected chi connectivity index (χ0v) is 56.6. The van der Waals surface area contributed by atoms with Crippen LogP contribution in [0.15, 0.2) is 78.9 Å². The summed E-state index contributed by atoms with van der Waals surface area (Å²) in [7, 11) is 3.21. The third-order valence-electron chi connectivity index (χ3n) is 18.2. The molecule has 0 bridgehead atoms. The molecule has 0 aliphatic carbocycles. The zero-order chi connectivity index (χ0) is 65.6. The van der Waals surface area contributed by atoms with Gasteiger partial charge in [-0.25, -0.2) is 0 Å². The van der Waals surface area contributed by atoms with E-state index in [1.54, 1.807) is 19.1 Å². The number of carbonyl (C=O) groups excluding carboxylic acids is 4. The molecular formula is C74H109N3O14. The molecule has 0 unspecified atom stereocenters. The number of hydrogen-bond acceptors (Lipinski definition) is 14. The number of piperidine rings is 1. The van der Waals surface area contributed by atoms with E-state index < -0.39 is 23.5 Å². The number of amides is 3. The van der Waals surface area contributed by atoms with Crippen LogP contribution in [0.2, 0.25) is 0 Å². The highest BCUT2D eigenvalue weighted by molar-refractivity contribution is 5.88. The summed E-state index contributed by atoms with van der Waals surface area (Å²) in [6.45, 7) is 22.1. The Morgan fingerprint density at radius 2 is 1.18 bits per heavy atom. The summed E-state index contributed by atoms with van der Waals surface area (Å²) in [4.78, 5) is 53.6. The third kappa shape index (κ3) is 23.7. The van der Waals surface area contributed by atoms with Crippen molar-refractivity contribution in [3.05, 3.63) is 118 Å². The van der Waals surface area contributed by atoms with Gasteiger partial charge >= 0.3 is 5.97 Å². The Bertz CT molecular complexity index is 2760. The Morgan fingerprint density at radius 1 is 0.648 bits per heavy atom. The fraction of sp³-hybridized carbons (Fsp3) is 0.622. The van der Waals surface area contributed by atoms with Gasteiger partial charge in [0.05, 0.1) is 86.7 Å². The van der Waals surface area contributed by atoms with Crippen LogP contribution >= 0.6 is 0 Å². The van der Waals surface area contributed by atoms with Crippen LogP contribution in [-0.2, 0) is 59.6 Å². The highest BCUT2D eigenvalue weighted by atomic mass is 16.6. The first-order valence-corrected chi connectivity index (χ1v) is 33.6. The molecule has 0 spiro atoms. The highest BCUT2D eigenvalue weighted by Gasteiger charge is 2.41. The molecule has 2 heterocycles. The molecule has 2 aliphatic heterocycles. The number of hydrogen-bond donors (Lipinski definition) is 2. The van der Waals surface area contributed by atoms with Crippen molar-refractivity contribution in [3.63, 3.8) is 0 Å². The predicted octanol–water partition coefficient (Wildman–Crippen LogP) is 12.5. The van der Waals surface area contributed by atoms with E-state index in [9.17, 15) is 19.2 Å². The summed E-state index contributed by atoms with van der Waals surface area (Å²) in [5.74, 6) is 3.95. The largest absolute Gasteiger partial charge is 0.497 e. The smallest absolute Gasteiger partial charge is 0.306 e. The van der Waals surface area contributed by atoms with Crippen molar-refractivity contribution in [1.29, 1.82) is 0 Å². The summed E-state index contributed by atoms with van der Waals surface area (Å²) >= 11 is 0. The molecule has 3 amide bonds. The second-order valence-corrected chi connectivity index (χ2v) is 25.8. The van der Waals surface area contributed by atoms with E-state index in [0.717, 1.165) is 81.9 Å². The number of likely N-dealkylation sites (tertiary alicyclic amines) is 1. The SMILES string of the molecule is COc1ccc(C(OC[C@H](NC(=O)CCOCCOCCOCCOCCOc2c(C)c(C)c3c(c2C)CC[C@@](C)(CCC[C@H](C)CCC[C@H](C)CCCC(C)C)O3)C(=O)N2CCC(COC(=O)CCC(N)=O)CC2)(c2ccccc2)c2ccc(OC)cc2)cc1. The van der Waals surface area contributed by atoms with Gasteiger partial charge in [-0.15, -0.1) is 0 Å². The van der Waals surface area contributed by atoms with Crippen LogP contribution in [0.4, 0.5) is 0 Å². The van der Waals surface area contributed by atoms with Crippen molar-refractivity contribution in [1.82, 2.24) is 10.2 Å². The van der Waals surface area contributed by atoms with Gasteiger partial charge in [-0.2, -0.15) is 0 Å². The van der Waals surface area contributed by atoms with Crippen LogP contribution < -0.4 is 30.0 Å². The van der Waals surface area contributed by atoms with E-state index in [4.69, 9.17) is 53.1 Å². The number of fused-ring (bicyclic) bond motifs is 1. The number of nitrogens with zero attached hydrogens (tertiary/aromatic N) is 1. The minimum absolute atomic E-state index is 0.0126. The Balaban J connectivity index is 0.905. The average Bonchev–Trinajstić information content (AvgIpc) is 0.808. The van der Waals surface area contributed by atoms with Gasteiger partial charge in [0.15, 0.2) is 0 Å². The molecule has 91 heavy (non-hydrogen) atoms. The Morgan fingerprint density at radius 3 is 1.73 bits per heavy atom. The second-order valence-electron chi connectivity index (χ2n) is 25.8. The maximum atomic E-state index is 14.6. The van der Waals surface area contributed by atoms with Crippen LogP contribution in [0.3, 0.4) is 0 Å². The van der Waals surface area contributed by atoms with Crippen molar-refractivity contribution in [3.8, 4) is 23.0 Å². The number of primary amides is 1. The predicted molar refractivity (Wildman–Crippen MR) is 355 cm³/mol. The van der Waals surface area contributed by atoms with Crippen molar-refractivity contribution in [2.75, 3.05) is 100.0 Å². The van der Waals surface area contributed by atoms with Crippen molar-refractivity contribution < 1.29 is 66.5 Å². The van der Waals surface area contributed by atoms with E-state index in [1.165, 1.54) is 56.9 Å². The number of ether oxygens (including phenoxy) is 10. The number of esters is 1. The molecule has 4 aromatic rings. The van der Waals surface area contributed by atoms with Gasteiger partial charge in [-0.1, -0.05) is 127 Å². The van der Waals surface area contributed by atoms with Gasteiger partial charge in [0.1, 0.15) is 46.8 Å². The molecule has 2 aliphatic rings. The van der Waals surface area contributed by atoms with Crippen LogP contribution in [0.25, 0.3) is 0 Å². The van der Waals surface area contributed by atoms with E-state index >= 15 is 0 Å². The van der Waals surface area contributed by atoms with Crippen molar-refractivity contribution in [2.24, 2.45) is 29.4 Å². The van der Waals surface area contributed by atoms with Gasteiger partial charge in [-0.05, 0) is 148 Å². The molecule has 6 rings (SSSR count). The molecule has 0 saturated carbocycles. The van der Waals surface area contributed by atoms with Gasteiger partial charge in [-0.3, -0.25) is 19.2 Å². The lowest BCUT2D eigenvalue weighted by molar-refractivity contribution is -0.148. The molecule has 1 fully saturated rings. The van der Waals surface area contributed by atoms with E-state index in [2.05, 4.69) is 60.7 Å². The molecule has 3 N–H and O–H groups in total. The normalized spacial score (nSPS) is 16.1. The van der Waals surface area contributed by atoms with Crippen LogP contribution in [0, 0.1) is 44.4 Å². The van der Waals surface area contributed by atoms with E-state index in [0.29, 0.717) is 83.7 Å². The quantitative estimate of drug-likeness (QED) is 0.0241. The Kier molecular flexibility index (Phi) is 31.4. The maximum absolute atomic E-state index is 14.6. The Hall–Kier alpha value is -6.24. The summed E-state index contributed by atoms with van der Waals surface area (Å²) in [6.07, 6.45) is 14.6. The lowest BCUT2D eigenvalue weighted by Crippen LogP contribution is -2.54. The number of nitrogens with two attached hydrogens (primary N) is 1. The van der Waals surface area contributed by atoms with E-state index in [1.807, 2.05) is 78.9 Å². The molecule has 17 heteroatoms. The van der Waals surface area contributed by atoms with Gasteiger partial charge in [0, 0.05) is 31.5 Å². The zero-order valence-electron chi connectivity index (χ0n) is 56.6. The Labute approximate surface area is 543 Å². The molecule has 17 nitrogen and oxygen atoms in total. The number of methoxy groups -OCH3 is 2. The first-order valence-electron chi connectivity index (χ1n) is 33.6. The monoisotopic (exact) mass is 1260 g/mol. The minimum atomic E-state index is -1.25. The number of benzene rings is 4. The number of rotatable bonds is 43. The summed E-state index contributed by atoms with van der Waals surface area (Å²) < 4.78 is 60.1. The van der Waals surface area contributed by atoms with E-state index in [-0.39, 0.29) is 69.0 Å². The highest BCUT2D eigenvalue weighted by Crippen LogP contribution is 2.46. The topological polar surface area (TPSA) is 202 Å². The van der Waals surface area contributed by atoms with Crippen LogP contribution in [0.5, 0.6) is 23.0 Å². The molecule has 4 aromatic carbocycles. The first kappa shape index (κ1) is 73.8. The number of carbonyl (C=O) groups is 4. The second kappa shape index (κ2) is 38.7. The fourth-order valence-electron chi connectivity index (χ4n) is 12.4. The molecule has 0 aromatic heterocycles. The lowest BCUT2D eigenvalue weighted by Gasteiger charge is -2.38. The standard InChI is InChI=1S/C74H109N3O14/c1-53(2)17-14-18-54(3)19-15-20-55(4)21-16-38-73(8)39-34-65-58(7)70(56(5)57(6)71(65)91-73)88-50-49-87-48-47-86-46-45-85-44-43-84-42-37-68(79)76-66(72(81)77-40-35-59(36-41-77)51-89-69(80)33-32-67(75)78)52-90-74(60-22-12-11-13-23-60,61-24-28-63(82-9)29-25-61)62-26-30-64(83-10)31-27-62/h11-13,22-31,53-55,59,66H,14-21,32-52H2,1-10H3,(H2,75,78)(H,76,79)/t54-,55-,66+,73-/m1/s1. The van der Waals surface area contributed by atoms with Crippen LogP contribution in [0.1, 0.15) is 170 Å². The summed E-state index contributed by atoms with van der Waals surface area (Å²) in [5.41, 5.74) is 10.9. The minimum Gasteiger partial charge on any atom is -0.497 e. The molecule has 504 valence electrons. The van der Waals surface area contributed by atoms with Crippen LogP contribution in [-0.4, -0.2) is 140 Å². The van der Waals surface area contributed by atoms with Gasteiger partial charge < -0.3 is 63.3 Å². The maximum Gasteiger partial charge on any atom is 0.306 e. The molecule has 4 atom stereocenters. The number of nitrogens with one attached hydrogen (secondary N) is 1. The summed E-state index contributed by atoms with van der Waals surface area (Å²) in [6, 6.07) is 23.8. The average molecular weight is 1260 g/mol. The molecule has 0 radical (unpaired) electrons. The fourth-order valence-corrected chi connectivity index (χ4v) is 12.4. The first-order chi connectivity index (χ1) is 43.9. The molecular weight excluding hydrogens is 1150 g/mol. The van der Waals surface area contributed by atoms with Gasteiger partial charge in [0.25, 0.3) is 0 Å². The third-order valence-corrected chi connectivity index (χ3v) is 18.2. The summed E-state index contributed by atoms with van der Waals surface area (Å²) in [5, 5.41) is 2.99. The lowest BCUT2D eigenvalue weighted by atomic mass is 9.80.